The van der Waals surface area contributed by atoms with E-state index in [-0.39, 0.29) is 0 Å². The number of halogens is 1. The Balaban J connectivity index is 3.15. The molecule has 0 radical (unpaired) electrons. The van der Waals surface area contributed by atoms with Gasteiger partial charge < -0.3 is 5.11 Å². The Morgan fingerprint density at radius 1 is 1.82 bits per heavy atom. The van der Waals surface area contributed by atoms with Crippen LogP contribution in [0.15, 0.2) is 9.85 Å². The van der Waals surface area contributed by atoms with Gasteiger partial charge in [-0.05, 0) is 28.9 Å². The van der Waals surface area contributed by atoms with Gasteiger partial charge in [0.2, 0.25) is 5.69 Å². The number of hydrogen-bond donors (Lipinski definition) is 1. The molecule has 1 atom stereocenters. The number of aliphatic hydroxyl groups excluding tert-OH is 1. The van der Waals surface area contributed by atoms with E-state index < -0.39 is 6.10 Å². The Morgan fingerprint density at radius 3 is 2.82 bits per heavy atom. The molecule has 1 rings (SSSR count). The van der Waals surface area contributed by atoms with Gasteiger partial charge in [0.15, 0.2) is 0 Å². The third-order valence-electron chi connectivity index (χ3n) is 1.21. The van der Waals surface area contributed by atoms with E-state index in [0.717, 1.165) is 8.66 Å². The van der Waals surface area contributed by atoms with Crippen molar-refractivity contribution >= 4 is 33.0 Å². The molecule has 1 N–H and O–H groups in total. The molecule has 58 valence electrons. The summed E-state index contributed by atoms with van der Waals surface area (Å²) < 4.78 is 0.888. The highest BCUT2D eigenvalue weighted by Gasteiger charge is 2.11. The van der Waals surface area contributed by atoms with Crippen LogP contribution < -0.4 is 0 Å². The number of aliphatic hydroxyl groups is 1. The number of hydrogen-bond acceptors (Lipinski definition) is 2. The van der Waals surface area contributed by atoms with Gasteiger partial charge in [-0.25, -0.2) is 4.85 Å². The highest BCUT2D eigenvalue weighted by Crippen LogP contribution is 2.37. The van der Waals surface area contributed by atoms with Crippen LogP contribution in [0.25, 0.3) is 4.85 Å². The van der Waals surface area contributed by atoms with E-state index in [2.05, 4.69) is 20.8 Å². The molecule has 1 aromatic heterocycles. The first-order valence-corrected chi connectivity index (χ1v) is 4.61. The second kappa shape index (κ2) is 3.35. The van der Waals surface area contributed by atoms with E-state index in [9.17, 15) is 5.11 Å². The summed E-state index contributed by atoms with van der Waals surface area (Å²) in [5, 5.41) is 9.20. The summed E-state index contributed by atoms with van der Waals surface area (Å²) in [5.74, 6) is 0. The summed E-state index contributed by atoms with van der Waals surface area (Å²) in [4.78, 5) is 4.01. The zero-order chi connectivity index (χ0) is 8.43. The van der Waals surface area contributed by atoms with Gasteiger partial charge in [0.25, 0.3) is 0 Å². The van der Waals surface area contributed by atoms with Crippen LogP contribution in [-0.2, 0) is 0 Å². The zero-order valence-electron chi connectivity index (χ0n) is 5.84. The molecule has 0 aliphatic carbocycles. The second-order valence-electron chi connectivity index (χ2n) is 2.09. The van der Waals surface area contributed by atoms with Crippen molar-refractivity contribution in [3.05, 3.63) is 26.1 Å². The van der Waals surface area contributed by atoms with Crippen LogP contribution in [0.1, 0.15) is 17.9 Å². The van der Waals surface area contributed by atoms with E-state index in [1.807, 2.05) is 0 Å². The molecule has 1 aromatic rings. The normalized spacial score (nSPS) is 12.5. The van der Waals surface area contributed by atoms with Crippen molar-refractivity contribution in [2.24, 2.45) is 0 Å². The molecule has 0 saturated carbocycles. The lowest BCUT2D eigenvalue weighted by molar-refractivity contribution is 0.204. The number of rotatable bonds is 1. The van der Waals surface area contributed by atoms with Gasteiger partial charge in [0.1, 0.15) is 0 Å². The molecule has 0 spiro atoms. The van der Waals surface area contributed by atoms with Gasteiger partial charge in [0, 0.05) is 4.88 Å². The average Bonchev–Trinajstić information content (AvgIpc) is 2.30. The van der Waals surface area contributed by atoms with Crippen LogP contribution >= 0.6 is 27.3 Å². The fourth-order valence-corrected chi connectivity index (χ4v) is 2.25. The van der Waals surface area contributed by atoms with E-state index >= 15 is 0 Å². The third kappa shape index (κ3) is 1.80. The molecule has 1 unspecified atom stereocenters. The Bertz CT molecular complexity index is 300. The fourth-order valence-electron chi connectivity index (χ4n) is 0.752. The van der Waals surface area contributed by atoms with Crippen LogP contribution in [-0.4, -0.2) is 5.11 Å². The zero-order valence-corrected chi connectivity index (χ0v) is 8.24. The molecule has 0 bridgehead atoms. The minimum atomic E-state index is -0.546. The largest absolute Gasteiger partial charge is 0.389 e. The summed E-state index contributed by atoms with van der Waals surface area (Å²) in [6, 6.07) is 1.72. The fraction of sp³-hybridized carbons (Fsp3) is 0.286. The van der Waals surface area contributed by atoms with Crippen molar-refractivity contribution < 1.29 is 5.11 Å². The number of nitrogens with zero attached hydrogens (tertiary/aromatic N) is 1. The highest BCUT2D eigenvalue weighted by molar-refractivity contribution is 9.11. The molecular weight excluding hydrogens is 226 g/mol. The quantitative estimate of drug-likeness (QED) is 0.739. The van der Waals surface area contributed by atoms with Crippen molar-refractivity contribution in [1.82, 2.24) is 0 Å². The van der Waals surface area contributed by atoms with E-state index in [4.69, 9.17) is 6.57 Å². The lowest BCUT2D eigenvalue weighted by Gasteiger charge is -1.98. The molecule has 0 aliphatic rings. The second-order valence-corrected chi connectivity index (χ2v) is 4.55. The van der Waals surface area contributed by atoms with E-state index in [0.29, 0.717) is 5.69 Å². The van der Waals surface area contributed by atoms with Crippen LogP contribution in [0.3, 0.4) is 0 Å². The molecule has 0 fully saturated rings. The van der Waals surface area contributed by atoms with Crippen molar-refractivity contribution in [3.63, 3.8) is 0 Å². The Hall–Kier alpha value is -0.370. The van der Waals surface area contributed by atoms with Crippen LogP contribution in [0.4, 0.5) is 5.69 Å². The minimum Gasteiger partial charge on any atom is -0.389 e. The first kappa shape index (κ1) is 8.72. The molecule has 4 heteroatoms. The van der Waals surface area contributed by atoms with Crippen molar-refractivity contribution in [1.29, 1.82) is 0 Å². The van der Waals surface area contributed by atoms with Crippen LogP contribution in [0.2, 0.25) is 0 Å². The Morgan fingerprint density at radius 2 is 2.45 bits per heavy atom. The van der Waals surface area contributed by atoms with Gasteiger partial charge in [-0.15, -0.1) is 11.3 Å². The van der Waals surface area contributed by atoms with E-state index in [1.54, 1.807) is 13.0 Å². The monoisotopic (exact) mass is 231 g/mol. The molecule has 2 nitrogen and oxygen atoms in total. The first-order chi connectivity index (χ1) is 5.15. The lowest BCUT2D eigenvalue weighted by Crippen LogP contribution is -1.84. The van der Waals surface area contributed by atoms with Gasteiger partial charge in [-0.3, -0.25) is 0 Å². The highest BCUT2D eigenvalue weighted by atomic mass is 79.9. The maximum absolute atomic E-state index is 9.20. The van der Waals surface area contributed by atoms with Gasteiger partial charge >= 0.3 is 0 Å². The van der Waals surface area contributed by atoms with E-state index in [1.165, 1.54) is 11.3 Å². The topological polar surface area (TPSA) is 24.6 Å². The minimum absolute atomic E-state index is 0.539. The summed E-state index contributed by atoms with van der Waals surface area (Å²) in [6.45, 7) is 8.45. The van der Waals surface area contributed by atoms with Crippen LogP contribution in [0.5, 0.6) is 0 Å². The van der Waals surface area contributed by atoms with Crippen molar-refractivity contribution in [3.8, 4) is 0 Å². The Labute approximate surface area is 77.4 Å². The molecule has 0 saturated heterocycles. The number of thiophene rings is 1. The van der Waals surface area contributed by atoms with Crippen LogP contribution in [0, 0.1) is 6.57 Å². The van der Waals surface area contributed by atoms with Gasteiger partial charge in [-0.2, -0.15) is 0 Å². The molecule has 1 heterocycles. The molecule has 0 aromatic carbocycles. The van der Waals surface area contributed by atoms with Gasteiger partial charge in [-0.1, -0.05) is 0 Å². The average molecular weight is 232 g/mol. The summed E-state index contributed by atoms with van der Waals surface area (Å²) in [5.41, 5.74) is 0.539. The molecule has 11 heavy (non-hydrogen) atoms. The molecular formula is C7H6BrNOS. The first-order valence-electron chi connectivity index (χ1n) is 3.00. The predicted molar refractivity (Wildman–Crippen MR) is 48.9 cm³/mol. The Kier molecular flexibility index (Phi) is 2.66. The molecule has 0 amide bonds. The maximum Gasteiger partial charge on any atom is 0.204 e. The summed E-state index contributed by atoms with van der Waals surface area (Å²) in [7, 11) is 0. The third-order valence-corrected chi connectivity index (χ3v) is 3.01. The maximum atomic E-state index is 9.20. The smallest absolute Gasteiger partial charge is 0.204 e. The predicted octanol–water partition coefficient (Wildman–Crippen LogP) is 3.11. The summed E-state index contributed by atoms with van der Waals surface area (Å²) >= 11 is 4.66. The summed E-state index contributed by atoms with van der Waals surface area (Å²) in [6.07, 6.45) is -0.546. The molecule has 0 aliphatic heterocycles. The standard InChI is InChI=1S/C7H6BrNOS/c1-4(10)7-5(9-2)3-6(8)11-7/h3-4,10H,1H3. The lowest BCUT2D eigenvalue weighted by atomic mass is 10.3. The van der Waals surface area contributed by atoms with Crippen molar-refractivity contribution in [2.45, 2.75) is 13.0 Å². The van der Waals surface area contributed by atoms with Gasteiger partial charge in [0.05, 0.1) is 16.5 Å². The van der Waals surface area contributed by atoms with Crippen molar-refractivity contribution in [2.75, 3.05) is 0 Å². The SMILES string of the molecule is [C-]#[N+]c1cc(Br)sc1C(C)O.